The number of benzene rings is 2. The number of piperazine rings is 1. The molecule has 2 aromatic heterocycles. The van der Waals surface area contributed by atoms with Gasteiger partial charge in [0.2, 0.25) is 11.8 Å². The second kappa shape index (κ2) is 7.60. The Morgan fingerprint density at radius 2 is 1.84 bits per heavy atom. The fourth-order valence-electron chi connectivity index (χ4n) is 5.04. The molecular formula is C25H20BrN3O2S. The fourth-order valence-corrected chi connectivity index (χ4v) is 6.02. The van der Waals surface area contributed by atoms with Gasteiger partial charge in [-0.05, 0) is 40.8 Å². The summed E-state index contributed by atoms with van der Waals surface area (Å²) in [6.45, 7) is 0.589. The first kappa shape index (κ1) is 19.8. The van der Waals surface area contributed by atoms with Gasteiger partial charge in [0.25, 0.3) is 0 Å². The van der Waals surface area contributed by atoms with Crippen LogP contribution in [-0.2, 0) is 22.6 Å². The summed E-state index contributed by atoms with van der Waals surface area (Å²) in [6, 6.07) is 19.4. The molecule has 0 bridgehead atoms. The highest BCUT2D eigenvalue weighted by molar-refractivity contribution is 9.10. The molecule has 1 fully saturated rings. The topological polar surface area (TPSA) is 56.4 Å². The molecule has 0 aliphatic carbocycles. The van der Waals surface area contributed by atoms with Crippen molar-refractivity contribution in [1.29, 1.82) is 0 Å². The molecule has 7 heteroatoms. The molecule has 2 aliphatic heterocycles. The molecule has 1 saturated heterocycles. The van der Waals surface area contributed by atoms with E-state index in [4.69, 9.17) is 0 Å². The molecule has 6 rings (SSSR count). The molecule has 32 heavy (non-hydrogen) atoms. The van der Waals surface area contributed by atoms with E-state index in [0.29, 0.717) is 13.0 Å². The molecule has 4 aromatic rings. The summed E-state index contributed by atoms with van der Waals surface area (Å²) in [5.41, 5.74) is 4.18. The molecule has 0 saturated carbocycles. The van der Waals surface area contributed by atoms with E-state index in [1.807, 2.05) is 58.8 Å². The van der Waals surface area contributed by atoms with Crippen LogP contribution in [0.4, 0.5) is 0 Å². The molecule has 1 unspecified atom stereocenters. The van der Waals surface area contributed by atoms with E-state index in [1.165, 1.54) is 0 Å². The van der Waals surface area contributed by atoms with Gasteiger partial charge in [-0.15, -0.1) is 11.3 Å². The number of aromatic nitrogens is 1. The number of carbonyl (C=O) groups excluding carboxylic acids is 2. The van der Waals surface area contributed by atoms with Crippen LogP contribution >= 0.6 is 27.3 Å². The predicted octanol–water partition coefficient (Wildman–Crippen LogP) is 4.88. The van der Waals surface area contributed by atoms with Crippen LogP contribution in [0.3, 0.4) is 0 Å². The van der Waals surface area contributed by atoms with Gasteiger partial charge >= 0.3 is 0 Å². The quantitative estimate of drug-likeness (QED) is 0.431. The number of fused-ring (bicyclic) bond motifs is 4. The number of nitrogens with zero attached hydrogens (tertiary/aromatic N) is 2. The fraction of sp³-hybridized carbons (Fsp3) is 0.200. The molecule has 2 aliphatic rings. The van der Waals surface area contributed by atoms with Crippen molar-refractivity contribution in [2.45, 2.75) is 25.0 Å². The van der Waals surface area contributed by atoms with Crippen LogP contribution in [0.5, 0.6) is 0 Å². The Morgan fingerprint density at radius 1 is 1.03 bits per heavy atom. The standard InChI is InChI=1S/C25H20BrN3O2S/c26-16-9-7-15(8-10-16)24-23-19(18-5-1-2-6-20(18)27-23)12-21-25(31)28(14-22(30)29(21)24)13-17-4-3-11-32-17/h1-11,21,24,27H,12-14H2/t21-,24?/m0/s1. The number of thiophene rings is 1. The van der Waals surface area contributed by atoms with E-state index in [1.54, 1.807) is 16.2 Å². The van der Waals surface area contributed by atoms with E-state index < -0.39 is 6.04 Å². The normalized spacial score (nSPS) is 20.5. The zero-order valence-electron chi connectivity index (χ0n) is 17.1. The van der Waals surface area contributed by atoms with Crippen molar-refractivity contribution in [2.24, 2.45) is 0 Å². The van der Waals surface area contributed by atoms with Crippen molar-refractivity contribution < 1.29 is 9.59 Å². The first-order chi connectivity index (χ1) is 15.6. The third-order valence-corrected chi connectivity index (χ3v) is 7.84. The Morgan fingerprint density at radius 3 is 2.62 bits per heavy atom. The summed E-state index contributed by atoms with van der Waals surface area (Å²) >= 11 is 5.12. The smallest absolute Gasteiger partial charge is 0.246 e. The second-order valence-corrected chi connectivity index (χ2v) is 10.3. The molecule has 160 valence electrons. The molecule has 2 aromatic carbocycles. The number of H-pyrrole nitrogens is 1. The SMILES string of the molecule is O=C1[C@@H]2Cc3c([nH]c4ccccc34)C(c3ccc(Br)cc3)N2C(=O)CN1Cc1cccs1. The van der Waals surface area contributed by atoms with Gasteiger partial charge in [-0.1, -0.05) is 52.3 Å². The maximum Gasteiger partial charge on any atom is 0.246 e. The highest BCUT2D eigenvalue weighted by atomic mass is 79.9. The number of nitrogens with one attached hydrogen (secondary N) is 1. The number of amides is 2. The zero-order chi connectivity index (χ0) is 21.8. The van der Waals surface area contributed by atoms with Gasteiger partial charge in [0.05, 0.1) is 12.6 Å². The summed E-state index contributed by atoms with van der Waals surface area (Å²) in [4.78, 5) is 35.3. The number of aromatic amines is 1. The summed E-state index contributed by atoms with van der Waals surface area (Å²) in [5, 5.41) is 3.13. The zero-order valence-corrected chi connectivity index (χ0v) is 19.5. The lowest BCUT2D eigenvalue weighted by Crippen LogP contribution is -2.62. The first-order valence-corrected chi connectivity index (χ1v) is 12.2. The van der Waals surface area contributed by atoms with Gasteiger partial charge in [0.1, 0.15) is 12.6 Å². The Labute approximate surface area is 197 Å². The molecule has 4 heterocycles. The number of hydrogen-bond acceptors (Lipinski definition) is 3. The summed E-state index contributed by atoms with van der Waals surface area (Å²) in [7, 11) is 0. The van der Waals surface area contributed by atoms with Gasteiger partial charge < -0.3 is 14.8 Å². The molecule has 0 radical (unpaired) electrons. The third-order valence-electron chi connectivity index (χ3n) is 6.45. The van der Waals surface area contributed by atoms with Gasteiger partial charge in [-0.25, -0.2) is 0 Å². The van der Waals surface area contributed by atoms with Gasteiger partial charge in [-0.3, -0.25) is 9.59 Å². The summed E-state index contributed by atoms with van der Waals surface area (Å²) in [6.07, 6.45) is 0.526. The van der Waals surface area contributed by atoms with Crippen LogP contribution in [0.1, 0.15) is 27.7 Å². The molecular weight excluding hydrogens is 486 g/mol. The second-order valence-electron chi connectivity index (χ2n) is 8.31. The van der Waals surface area contributed by atoms with E-state index in [9.17, 15) is 9.59 Å². The van der Waals surface area contributed by atoms with Crippen molar-refractivity contribution in [3.05, 3.63) is 92.2 Å². The molecule has 2 amide bonds. The van der Waals surface area contributed by atoms with Crippen molar-refractivity contribution >= 4 is 50.0 Å². The minimum absolute atomic E-state index is 0.0108. The monoisotopic (exact) mass is 505 g/mol. The van der Waals surface area contributed by atoms with E-state index >= 15 is 0 Å². The lowest BCUT2D eigenvalue weighted by molar-refractivity contribution is -0.159. The number of para-hydroxylation sites is 1. The lowest BCUT2D eigenvalue weighted by atomic mass is 9.86. The molecule has 1 N–H and O–H groups in total. The number of hydrogen-bond donors (Lipinski definition) is 1. The Kier molecular flexibility index (Phi) is 4.69. The third kappa shape index (κ3) is 3.11. The summed E-state index contributed by atoms with van der Waals surface area (Å²) in [5.74, 6) is 0.0134. The lowest BCUT2D eigenvalue weighted by Gasteiger charge is -2.47. The van der Waals surface area contributed by atoms with Crippen LogP contribution in [0.15, 0.2) is 70.5 Å². The average Bonchev–Trinajstić information content (AvgIpc) is 3.44. The summed E-state index contributed by atoms with van der Waals surface area (Å²) < 4.78 is 0.980. The molecule has 0 spiro atoms. The highest BCUT2D eigenvalue weighted by Gasteiger charge is 2.48. The number of halogens is 1. The van der Waals surface area contributed by atoms with E-state index in [0.717, 1.165) is 37.1 Å². The van der Waals surface area contributed by atoms with Crippen molar-refractivity contribution in [2.75, 3.05) is 6.54 Å². The highest BCUT2D eigenvalue weighted by Crippen LogP contribution is 2.42. The maximum absolute atomic E-state index is 13.6. The Hall–Kier alpha value is -2.90. The van der Waals surface area contributed by atoms with Crippen LogP contribution in [0.25, 0.3) is 10.9 Å². The van der Waals surface area contributed by atoms with E-state index in [-0.39, 0.29) is 24.4 Å². The number of carbonyl (C=O) groups is 2. The molecule has 2 atom stereocenters. The Bertz CT molecular complexity index is 1330. The Balaban J connectivity index is 1.48. The maximum atomic E-state index is 13.6. The van der Waals surface area contributed by atoms with Gasteiger partial charge in [-0.2, -0.15) is 0 Å². The minimum atomic E-state index is -0.503. The van der Waals surface area contributed by atoms with Crippen LogP contribution in [-0.4, -0.2) is 39.2 Å². The van der Waals surface area contributed by atoms with Crippen molar-refractivity contribution in [1.82, 2.24) is 14.8 Å². The van der Waals surface area contributed by atoms with E-state index in [2.05, 4.69) is 33.0 Å². The first-order valence-electron chi connectivity index (χ1n) is 10.6. The predicted molar refractivity (Wildman–Crippen MR) is 128 cm³/mol. The van der Waals surface area contributed by atoms with Crippen molar-refractivity contribution in [3.63, 3.8) is 0 Å². The largest absolute Gasteiger partial charge is 0.356 e. The van der Waals surface area contributed by atoms with Gasteiger partial charge in [0, 0.05) is 32.4 Å². The minimum Gasteiger partial charge on any atom is -0.356 e. The number of rotatable bonds is 3. The average molecular weight is 506 g/mol. The molecule has 5 nitrogen and oxygen atoms in total. The van der Waals surface area contributed by atoms with Crippen molar-refractivity contribution in [3.8, 4) is 0 Å². The van der Waals surface area contributed by atoms with Gasteiger partial charge in [0.15, 0.2) is 0 Å². The van der Waals surface area contributed by atoms with Crippen LogP contribution in [0.2, 0.25) is 0 Å². The van der Waals surface area contributed by atoms with Crippen LogP contribution < -0.4 is 0 Å². The van der Waals surface area contributed by atoms with Crippen LogP contribution in [0, 0.1) is 0 Å².